The molecule has 1 atom stereocenters. The molecule has 2 heterocycles. The van der Waals surface area contributed by atoms with Gasteiger partial charge in [0.05, 0.1) is 0 Å². The maximum Gasteiger partial charge on any atom is 0.226 e. The van der Waals surface area contributed by atoms with Crippen molar-refractivity contribution in [3.05, 3.63) is 11.7 Å². The molecule has 3 aliphatic rings. The maximum absolute atomic E-state index is 12.2. The van der Waals surface area contributed by atoms with Crippen LogP contribution in [0.2, 0.25) is 0 Å². The zero-order valence-electron chi connectivity index (χ0n) is 15.1. The third kappa shape index (κ3) is 4.81. The number of rotatable bonds is 8. The second-order valence-electron chi connectivity index (χ2n) is 8.14. The summed E-state index contributed by atoms with van der Waals surface area (Å²) in [6, 6.07) is 0.332. The summed E-state index contributed by atoms with van der Waals surface area (Å²) in [6.45, 7) is 3.39. The van der Waals surface area contributed by atoms with E-state index in [0.717, 1.165) is 37.7 Å². The Labute approximate surface area is 149 Å². The lowest BCUT2D eigenvalue weighted by atomic mass is 10.1. The van der Waals surface area contributed by atoms with Crippen LogP contribution in [-0.4, -0.2) is 46.6 Å². The molecule has 1 aromatic rings. The maximum atomic E-state index is 12.2. The van der Waals surface area contributed by atoms with E-state index in [1.165, 1.54) is 45.1 Å². The number of hydrogen-bond acceptors (Lipinski definition) is 5. The highest BCUT2D eigenvalue weighted by molar-refractivity contribution is 5.76. The van der Waals surface area contributed by atoms with Crippen molar-refractivity contribution < 1.29 is 9.32 Å². The molecule has 1 saturated heterocycles. The summed E-state index contributed by atoms with van der Waals surface area (Å²) in [5.41, 5.74) is 0. The van der Waals surface area contributed by atoms with Gasteiger partial charge in [0.2, 0.25) is 11.8 Å². The second kappa shape index (κ2) is 7.85. The van der Waals surface area contributed by atoms with E-state index in [0.29, 0.717) is 30.7 Å². The molecular weight excluding hydrogens is 316 g/mol. The lowest BCUT2D eigenvalue weighted by Gasteiger charge is -2.20. The third-order valence-corrected chi connectivity index (χ3v) is 5.85. The Kier molecular flexibility index (Phi) is 5.34. The number of amides is 1. The van der Waals surface area contributed by atoms with Crippen LogP contribution in [0.25, 0.3) is 0 Å². The van der Waals surface area contributed by atoms with Crippen LogP contribution in [0, 0.1) is 5.92 Å². The summed E-state index contributed by atoms with van der Waals surface area (Å²) >= 11 is 0. The zero-order chi connectivity index (χ0) is 17.1. The third-order valence-electron chi connectivity index (χ3n) is 5.85. The number of hydrogen-bond donors (Lipinski definition) is 1. The van der Waals surface area contributed by atoms with E-state index < -0.39 is 0 Å². The molecule has 4 rings (SSSR count). The van der Waals surface area contributed by atoms with Gasteiger partial charge in [-0.1, -0.05) is 18.0 Å². The molecule has 2 saturated carbocycles. The van der Waals surface area contributed by atoms with Crippen LogP contribution in [0.5, 0.6) is 0 Å². The van der Waals surface area contributed by atoms with Crippen LogP contribution in [0.3, 0.4) is 0 Å². The molecular formula is C19H30N4O2. The first-order valence-corrected chi connectivity index (χ1v) is 10.1. The molecule has 25 heavy (non-hydrogen) atoms. The number of carbonyl (C=O) groups is 1. The lowest BCUT2D eigenvalue weighted by molar-refractivity contribution is -0.121. The predicted molar refractivity (Wildman–Crippen MR) is 94.2 cm³/mol. The molecule has 1 aliphatic heterocycles. The van der Waals surface area contributed by atoms with Gasteiger partial charge < -0.3 is 14.7 Å². The Bertz CT molecular complexity index is 578. The van der Waals surface area contributed by atoms with Gasteiger partial charge in [-0.05, 0) is 44.4 Å². The summed E-state index contributed by atoms with van der Waals surface area (Å²) < 4.78 is 5.26. The second-order valence-corrected chi connectivity index (χ2v) is 8.14. The minimum atomic E-state index is 0.162. The quantitative estimate of drug-likeness (QED) is 0.783. The summed E-state index contributed by atoms with van der Waals surface area (Å²) in [6.07, 6.45) is 11.1. The van der Waals surface area contributed by atoms with Crippen LogP contribution in [-0.2, 0) is 11.2 Å². The first kappa shape index (κ1) is 17.0. The van der Waals surface area contributed by atoms with Crippen LogP contribution in [0.1, 0.15) is 75.4 Å². The molecule has 0 unspecified atom stereocenters. The van der Waals surface area contributed by atoms with Gasteiger partial charge in [-0.3, -0.25) is 4.79 Å². The summed E-state index contributed by atoms with van der Waals surface area (Å²) in [4.78, 5) is 19.1. The zero-order valence-corrected chi connectivity index (χ0v) is 15.1. The molecule has 2 aliphatic carbocycles. The number of nitrogens with one attached hydrogen (secondary N) is 1. The van der Waals surface area contributed by atoms with Gasteiger partial charge in [0.25, 0.3) is 0 Å². The Morgan fingerprint density at radius 3 is 2.84 bits per heavy atom. The molecule has 6 nitrogen and oxygen atoms in total. The van der Waals surface area contributed by atoms with Crippen molar-refractivity contribution in [3.63, 3.8) is 0 Å². The molecule has 0 radical (unpaired) electrons. The van der Waals surface area contributed by atoms with Crippen LogP contribution in [0.4, 0.5) is 0 Å². The van der Waals surface area contributed by atoms with Crippen molar-refractivity contribution in [1.82, 2.24) is 20.4 Å². The number of aromatic nitrogens is 2. The number of aryl methyl sites for hydroxylation is 1. The highest BCUT2D eigenvalue weighted by atomic mass is 16.5. The Morgan fingerprint density at radius 2 is 2.04 bits per heavy atom. The number of likely N-dealkylation sites (tertiary alicyclic amines) is 1. The summed E-state index contributed by atoms with van der Waals surface area (Å²) in [5, 5.41) is 7.22. The van der Waals surface area contributed by atoms with Crippen molar-refractivity contribution in [2.45, 2.75) is 76.2 Å². The largest absolute Gasteiger partial charge is 0.352 e. The first-order valence-electron chi connectivity index (χ1n) is 10.1. The van der Waals surface area contributed by atoms with Crippen molar-refractivity contribution in [3.8, 4) is 0 Å². The van der Waals surface area contributed by atoms with Crippen molar-refractivity contribution in [1.29, 1.82) is 0 Å². The van der Waals surface area contributed by atoms with Gasteiger partial charge in [-0.2, -0.15) is 4.98 Å². The molecule has 0 aromatic carbocycles. The minimum Gasteiger partial charge on any atom is -0.352 e. The van der Waals surface area contributed by atoms with Crippen molar-refractivity contribution >= 4 is 5.91 Å². The van der Waals surface area contributed by atoms with Crippen LogP contribution >= 0.6 is 0 Å². The van der Waals surface area contributed by atoms with E-state index in [9.17, 15) is 4.79 Å². The van der Waals surface area contributed by atoms with Gasteiger partial charge in [0, 0.05) is 44.4 Å². The van der Waals surface area contributed by atoms with E-state index >= 15 is 0 Å². The normalized spacial score (nSPS) is 24.9. The SMILES string of the molecule is O=C(CCCc1nc(C2CC2)no1)N[C@@H]1CCN(CC2CCCC2)C1. The van der Waals surface area contributed by atoms with E-state index in [1.54, 1.807) is 0 Å². The smallest absolute Gasteiger partial charge is 0.226 e. The van der Waals surface area contributed by atoms with E-state index in [1.807, 2.05) is 0 Å². The molecule has 138 valence electrons. The van der Waals surface area contributed by atoms with E-state index in [-0.39, 0.29) is 5.91 Å². The van der Waals surface area contributed by atoms with E-state index in [2.05, 4.69) is 20.4 Å². The van der Waals surface area contributed by atoms with Gasteiger partial charge >= 0.3 is 0 Å². The predicted octanol–water partition coefficient (Wildman–Crippen LogP) is 2.65. The monoisotopic (exact) mass is 346 g/mol. The molecule has 0 bridgehead atoms. The summed E-state index contributed by atoms with van der Waals surface area (Å²) in [7, 11) is 0. The molecule has 1 N–H and O–H groups in total. The standard InChI is InChI=1S/C19H30N4O2/c24-17(6-3-7-18-21-19(22-25-18)15-8-9-15)20-16-10-11-23(13-16)12-14-4-1-2-5-14/h14-16H,1-13H2,(H,20,24)/t16-/m1/s1. The fraction of sp³-hybridized carbons (Fsp3) is 0.842. The van der Waals surface area contributed by atoms with Gasteiger partial charge in [0.1, 0.15) is 0 Å². The molecule has 6 heteroatoms. The average molecular weight is 346 g/mol. The van der Waals surface area contributed by atoms with Gasteiger partial charge in [0.15, 0.2) is 5.82 Å². The molecule has 1 amide bonds. The highest BCUT2D eigenvalue weighted by Gasteiger charge is 2.29. The topological polar surface area (TPSA) is 71.3 Å². The lowest BCUT2D eigenvalue weighted by Crippen LogP contribution is -2.37. The Hall–Kier alpha value is -1.43. The van der Waals surface area contributed by atoms with Gasteiger partial charge in [-0.25, -0.2) is 0 Å². The van der Waals surface area contributed by atoms with Crippen LogP contribution in [0.15, 0.2) is 4.52 Å². The Balaban J connectivity index is 1.11. The number of nitrogens with zero attached hydrogens (tertiary/aromatic N) is 3. The fourth-order valence-electron chi connectivity index (χ4n) is 4.25. The number of carbonyl (C=O) groups excluding carboxylic acids is 1. The van der Waals surface area contributed by atoms with Crippen molar-refractivity contribution in [2.75, 3.05) is 19.6 Å². The summed E-state index contributed by atoms with van der Waals surface area (Å²) in [5.74, 6) is 3.11. The molecule has 1 aromatic heterocycles. The molecule has 3 fully saturated rings. The minimum absolute atomic E-state index is 0.162. The Morgan fingerprint density at radius 1 is 1.20 bits per heavy atom. The first-order chi connectivity index (χ1) is 12.3. The van der Waals surface area contributed by atoms with E-state index in [4.69, 9.17) is 4.52 Å². The van der Waals surface area contributed by atoms with Crippen LogP contribution < -0.4 is 5.32 Å². The van der Waals surface area contributed by atoms with Crippen molar-refractivity contribution in [2.24, 2.45) is 5.92 Å². The molecule has 0 spiro atoms. The van der Waals surface area contributed by atoms with Gasteiger partial charge in [-0.15, -0.1) is 0 Å². The highest BCUT2D eigenvalue weighted by Crippen LogP contribution is 2.38. The fourth-order valence-corrected chi connectivity index (χ4v) is 4.25. The average Bonchev–Trinajstić information content (AvgIpc) is 3.00.